The van der Waals surface area contributed by atoms with Gasteiger partial charge >= 0.3 is 6.18 Å². The highest BCUT2D eigenvalue weighted by Crippen LogP contribution is 2.27. The second kappa shape index (κ2) is 6.95. The van der Waals surface area contributed by atoms with Crippen LogP contribution in [0.4, 0.5) is 19.1 Å². The second-order valence-electron chi connectivity index (χ2n) is 4.49. The Hall–Kier alpha value is -2.84. The van der Waals surface area contributed by atoms with Gasteiger partial charge in [-0.1, -0.05) is 0 Å². The average Bonchev–Trinajstić information content (AvgIpc) is 2.51. The summed E-state index contributed by atoms with van der Waals surface area (Å²) in [7, 11) is 0. The Labute approximate surface area is 129 Å². The average molecular weight is 326 g/mol. The Morgan fingerprint density at radius 1 is 1.13 bits per heavy atom. The van der Waals surface area contributed by atoms with Crippen LogP contribution in [0.2, 0.25) is 0 Å². The van der Waals surface area contributed by atoms with Gasteiger partial charge in [-0.2, -0.15) is 13.2 Å². The number of hydrogen-bond donors (Lipinski definition) is 3. The molecular weight excluding hydrogens is 313 g/mol. The van der Waals surface area contributed by atoms with Crippen LogP contribution in [0.3, 0.4) is 0 Å². The van der Waals surface area contributed by atoms with E-state index in [0.29, 0.717) is 5.56 Å². The number of halogens is 3. The maximum atomic E-state index is 12.5. The molecule has 0 fully saturated rings. The van der Waals surface area contributed by atoms with E-state index in [1.54, 1.807) is 0 Å². The smallest absolute Gasteiger partial charge is 0.433 e. The zero-order valence-electron chi connectivity index (χ0n) is 11.8. The van der Waals surface area contributed by atoms with E-state index in [9.17, 15) is 18.0 Å². The van der Waals surface area contributed by atoms with Gasteiger partial charge in [-0.05, 0) is 30.3 Å². The van der Waals surface area contributed by atoms with Crippen LogP contribution in [-0.4, -0.2) is 34.1 Å². The minimum atomic E-state index is -4.54. The molecule has 6 nitrogen and oxygen atoms in total. The van der Waals surface area contributed by atoms with E-state index >= 15 is 0 Å². The van der Waals surface area contributed by atoms with E-state index < -0.39 is 11.9 Å². The topological polar surface area (TPSA) is 87.1 Å². The molecule has 3 N–H and O–H groups in total. The van der Waals surface area contributed by atoms with Gasteiger partial charge in [-0.3, -0.25) is 4.79 Å². The van der Waals surface area contributed by atoms with Crippen molar-refractivity contribution in [3.05, 3.63) is 47.8 Å². The third-order valence-corrected chi connectivity index (χ3v) is 2.77. The standard InChI is InChI=1S/C14H13F3N4O2/c15-14(16,17)11-5-6-19-13(21-11)20-8-7-18-12(23)9-1-3-10(22)4-2-9/h1-6,22H,7-8H2,(H,18,23)(H,19,20,21). The number of alkyl halides is 3. The number of nitrogens with one attached hydrogen (secondary N) is 2. The van der Waals surface area contributed by atoms with Gasteiger partial charge in [0.2, 0.25) is 5.95 Å². The van der Waals surface area contributed by atoms with Crippen molar-refractivity contribution < 1.29 is 23.1 Å². The summed E-state index contributed by atoms with van der Waals surface area (Å²) in [4.78, 5) is 18.8. The van der Waals surface area contributed by atoms with Crippen LogP contribution in [-0.2, 0) is 6.18 Å². The Morgan fingerprint density at radius 2 is 1.83 bits per heavy atom. The maximum Gasteiger partial charge on any atom is 0.433 e. The Balaban J connectivity index is 1.81. The van der Waals surface area contributed by atoms with Gasteiger partial charge in [0, 0.05) is 24.8 Å². The van der Waals surface area contributed by atoms with E-state index in [1.807, 2.05) is 0 Å². The van der Waals surface area contributed by atoms with E-state index in [2.05, 4.69) is 20.6 Å². The van der Waals surface area contributed by atoms with E-state index in [0.717, 1.165) is 12.3 Å². The number of benzene rings is 1. The van der Waals surface area contributed by atoms with Crippen molar-refractivity contribution in [2.75, 3.05) is 18.4 Å². The lowest BCUT2D eigenvalue weighted by molar-refractivity contribution is -0.141. The van der Waals surface area contributed by atoms with Gasteiger partial charge in [-0.25, -0.2) is 9.97 Å². The first-order valence-electron chi connectivity index (χ1n) is 6.57. The number of amides is 1. The highest BCUT2D eigenvalue weighted by molar-refractivity contribution is 5.94. The van der Waals surface area contributed by atoms with Crippen LogP contribution >= 0.6 is 0 Å². The third-order valence-electron chi connectivity index (χ3n) is 2.77. The summed E-state index contributed by atoms with van der Waals surface area (Å²) < 4.78 is 37.5. The molecule has 0 bridgehead atoms. The highest BCUT2D eigenvalue weighted by Gasteiger charge is 2.32. The summed E-state index contributed by atoms with van der Waals surface area (Å²) in [6, 6.07) is 6.44. The van der Waals surface area contributed by atoms with Gasteiger partial charge in [0.1, 0.15) is 11.4 Å². The zero-order valence-corrected chi connectivity index (χ0v) is 11.8. The van der Waals surface area contributed by atoms with Crippen LogP contribution in [0, 0.1) is 0 Å². The van der Waals surface area contributed by atoms with Crippen LogP contribution in [0.1, 0.15) is 16.1 Å². The van der Waals surface area contributed by atoms with Crippen molar-refractivity contribution >= 4 is 11.9 Å². The quantitative estimate of drug-likeness (QED) is 0.732. The fourth-order valence-corrected chi connectivity index (χ4v) is 1.67. The molecule has 1 amide bonds. The molecule has 1 aromatic carbocycles. The second-order valence-corrected chi connectivity index (χ2v) is 4.49. The van der Waals surface area contributed by atoms with Crippen molar-refractivity contribution in [1.29, 1.82) is 0 Å². The number of phenols is 1. The molecule has 0 spiro atoms. The Bertz CT molecular complexity index is 674. The SMILES string of the molecule is O=C(NCCNc1nccc(C(F)(F)F)n1)c1ccc(O)cc1. The summed E-state index contributed by atoms with van der Waals surface area (Å²) in [5, 5.41) is 14.3. The van der Waals surface area contributed by atoms with Crippen LogP contribution < -0.4 is 10.6 Å². The molecule has 2 aromatic rings. The molecule has 122 valence electrons. The number of rotatable bonds is 5. The molecule has 1 heterocycles. The summed E-state index contributed by atoms with van der Waals surface area (Å²) in [6.07, 6.45) is -3.53. The predicted octanol–water partition coefficient (Wildman–Crippen LogP) is 2.04. The highest BCUT2D eigenvalue weighted by atomic mass is 19.4. The molecule has 9 heteroatoms. The number of nitrogens with zero attached hydrogens (tertiary/aromatic N) is 2. The van der Waals surface area contributed by atoms with Crippen molar-refractivity contribution in [3.63, 3.8) is 0 Å². The first-order valence-corrected chi connectivity index (χ1v) is 6.57. The summed E-state index contributed by atoms with van der Waals surface area (Å²) in [5.74, 6) is -0.486. The molecule has 0 unspecified atom stereocenters. The lowest BCUT2D eigenvalue weighted by Gasteiger charge is -2.09. The lowest BCUT2D eigenvalue weighted by Crippen LogP contribution is -2.29. The summed E-state index contributed by atoms with van der Waals surface area (Å²) >= 11 is 0. The monoisotopic (exact) mass is 326 g/mol. The van der Waals surface area contributed by atoms with Gasteiger partial charge in [0.05, 0.1) is 0 Å². The lowest BCUT2D eigenvalue weighted by atomic mass is 10.2. The number of anilines is 1. The van der Waals surface area contributed by atoms with E-state index in [4.69, 9.17) is 5.11 Å². The largest absolute Gasteiger partial charge is 0.508 e. The normalized spacial score (nSPS) is 11.1. The van der Waals surface area contributed by atoms with E-state index in [1.165, 1.54) is 24.3 Å². The number of aromatic hydroxyl groups is 1. The minimum absolute atomic E-state index is 0.0462. The first kappa shape index (κ1) is 16.5. The van der Waals surface area contributed by atoms with Crippen molar-refractivity contribution in [2.24, 2.45) is 0 Å². The molecule has 23 heavy (non-hydrogen) atoms. The van der Waals surface area contributed by atoms with Crippen LogP contribution in [0.5, 0.6) is 5.75 Å². The number of aromatic nitrogens is 2. The third kappa shape index (κ3) is 4.83. The maximum absolute atomic E-state index is 12.5. The van der Waals surface area contributed by atoms with Gasteiger partial charge < -0.3 is 15.7 Å². The molecule has 0 atom stereocenters. The zero-order chi connectivity index (χ0) is 16.9. The first-order chi connectivity index (χ1) is 10.9. The number of carbonyl (C=O) groups is 1. The molecule has 0 radical (unpaired) electrons. The summed E-state index contributed by atoms with van der Waals surface area (Å²) in [6.45, 7) is 0.324. The molecule has 0 saturated carbocycles. The van der Waals surface area contributed by atoms with Crippen molar-refractivity contribution in [1.82, 2.24) is 15.3 Å². The number of carbonyl (C=O) groups excluding carboxylic acids is 1. The molecule has 1 aromatic heterocycles. The molecule has 0 aliphatic carbocycles. The van der Waals surface area contributed by atoms with E-state index in [-0.39, 0.29) is 30.7 Å². The van der Waals surface area contributed by atoms with Gasteiger partial charge in [0.25, 0.3) is 5.91 Å². The van der Waals surface area contributed by atoms with Gasteiger partial charge in [0.15, 0.2) is 0 Å². The molecular formula is C14H13F3N4O2. The Morgan fingerprint density at radius 3 is 2.48 bits per heavy atom. The predicted molar refractivity (Wildman–Crippen MR) is 76.0 cm³/mol. The van der Waals surface area contributed by atoms with Crippen molar-refractivity contribution in [3.8, 4) is 5.75 Å². The summed E-state index contributed by atoms with van der Waals surface area (Å²) in [5.41, 5.74) is -0.679. The molecule has 0 aliphatic heterocycles. The number of phenolic OH excluding ortho intramolecular Hbond substituents is 1. The van der Waals surface area contributed by atoms with Gasteiger partial charge in [-0.15, -0.1) is 0 Å². The molecule has 0 saturated heterocycles. The fraction of sp³-hybridized carbons (Fsp3) is 0.214. The van der Waals surface area contributed by atoms with Crippen LogP contribution in [0.25, 0.3) is 0 Å². The van der Waals surface area contributed by atoms with Crippen LogP contribution in [0.15, 0.2) is 36.5 Å². The fourth-order valence-electron chi connectivity index (χ4n) is 1.67. The molecule has 0 aliphatic rings. The molecule has 2 rings (SSSR count). The Kier molecular flexibility index (Phi) is 4.99. The van der Waals surface area contributed by atoms with Crippen molar-refractivity contribution in [2.45, 2.75) is 6.18 Å². The number of hydrogen-bond acceptors (Lipinski definition) is 5. The minimum Gasteiger partial charge on any atom is -0.508 e.